The summed E-state index contributed by atoms with van der Waals surface area (Å²) in [7, 11) is -5.58. The van der Waals surface area contributed by atoms with Crippen LogP contribution in [0.25, 0.3) is 0 Å². The molecule has 2 aliphatic rings. The van der Waals surface area contributed by atoms with E-state index in [1.807, 2.05) is 9.80 Å². The molecule has 0 aliphatic carbocycles. The van der Waals surface area contributed by atoms with Crippen molar-refractivity contribution >= 4 is 96.8 Å². The molecule has 0 atom stereocenters. The van der Waals surface area contributed by atoms with Crippen molar-refractivity contribution in [3.8, 4) is 0 Å². The highest BCUT2D eigenvalue weighted by Gasteiger charge is 2.29. The Morgan fingerprint density at radius 2 is 0.960 bits per heavy atom. The van der Waals surface area contributed by atoms with E-state index in [9.17, 15) is 58.4 Å². The fraction of sp³-hybridized carbons (Fsp3) is 0.396. The van der Waals surface area contributed by atoms with Crippen LogP contribution in [0.15, 0.2) is 72.8 Å². The van der Waals surface area contributed by atoms with Crippen LogP contribution in [-0.4, -0.2) is 152 Å². The van der Waals surface area contributed by atoms with Gasteiger partial charge in [-0.1, -0.05) is 35.3 Å². The number of nitrogens with zero attached hydrogens (tertiary/aromatic N) is 5. The highest BCUT2D eigenvalue weighted by Crippen LogP contribution is 2.30. The van der Waals surface area contributed by atoms with E-state index < -0.39 is 73.7 Å². The topological polar surface area (TPSA) is 210 Å². The zero-order valence-corrected chi connectivity index (χ0v) is 45.4. The predicted molar refractivity (Wildman–Crippen MR) is 276 cm³/mol. The van der Waals surface area contributed by atoms with Crippen molar-refractivity contribution in [1.82, 2.24) is 20.0 Å². The number of carbonyl (C=O) groups excluding carboxylic acids is 5. The molecule has 1 amide bonds. The lowest BCUT2D eigenvalue weighted by Gasteiger charge is -2.34. The summed E-state index contributed by atoms with van der Waals surface area (Å²) in [5.74, 6) is -6.04. The number of hydrogen-bond acceptors (Lipinski definition) is 15. The van der Waals surface area contributed by atoms with E-state index in [0.29, 0.717) is 32.7 Å². The molecule has 0 spiro atoms. The van der Waals surface area contributed by atoms with E-state index in [4.69, 9.17) is 23.2 Å². The molecule has 4 aromatic carbocycles. The minimum absolute atomic E-state index is 0. The van der Waals surface area contributed by atoms with E-state index in [0.717, 1.165) is 59.1 Å². The average Bonchev–Trinajstić information content (AvgIpc) is 3.36. The van der Waals surface area contributed by atoms with Crippen LogP contribution in [0.1, 0.15) is 52.6 Å². The molecule has 0 aromatic heterocycles. The van der Waals surface area contributed by atoms with Crippen LogP contribution >= 0.6 is 35.6 Å². The molecule has 1 N–H and O–H groups in total. The molecule has 2 heterocycles. The second-order valence-corrected chi connectivity index (χ2v) is 21.3. The molecule has 2 aliphatic heterocycles. The van der Waals surface area contributed by atoms with Crippen molar-refractivity contribution in [2.75, 3.05) is 99.8 Å². The van der Waals surface area contributed by atoms with Gasteiger partial charge >= 0.3 is 23.9 Å². The first-order valence-electron chi connectivity index (χ1n) is 22.6. The average molecular weight is 1160 g/mol. The van der Waals surface area contributed by atoms with Crippen LogP contribution in [0.4, 0.5) is 28.9 Å². The van der Waals surface area contributed by atoms with Crippen LogP contribution in [0.5, 0.6) is 0 Å². The molecular formula is C48H57Cl3F4N6O12S2. The summed E-state index contributed by atoms with van der Waals surface area (Å²) in [6.45, 7) is 8.67. The number of amides is 1. The number of nitrogens with one attached hydrogen (secondary N) is 1. The molecule has 18 nitrogen and oxygen atoms in total. The molecular weight excluding hydrogens is 1100 g/mol. The summed E-state index contributed by atoms with van der Waals surface area (Å²) in [5, 5.41) is 2.68. The van der Waals surface area contributed by atoms with Gasteiger partial charge < -0.3 is 24.4 Å². The van der Waals surface area contributed by atoms with E-state index in [-0.39, 0.29) is 86.6 Å². The number of piperazine rings is 2. The summed E-state index contributed by atoms with van der Waals surface area (Å²) in [4.78, 5) is 60.1. The number of halogens is 7. The van der Waals surface area contributed by atoms with Gasteiger partial charge in [-0.25, -0.2) is 44.0 Å². The van der Waals surface area contributed by atoms with Crippen LogP contribution < -0.4 is 13.9 Å². The summed E-state index contributed by atoms with van der Waals surface area (Å²) in [6.07, 6.45) is 0. The van der Waals surface area contributed by atoms with Crippen LogP contribution in [0.2, 0.25) is 10.0 Å². The zero-order valence-electron chi connectivity index (χ0n) is 41.5. The van der Waals surface area contributed by atoms with Crippen LogP contribution in [0.3, 0.4) is 0 Å². The molecule has 2 saturated heterocycles. The Hall–Kier alpha value is -5.60. The number of methoxy groups -OCH3 is 2. The quantitative estimate of drug-likeness (QED) is 0.0585. The minimum atomic E-state index is -4.01. The number of sulfonamides is 2. The van der Waals surface area contributed by atoms with Crippen LogP contribution in [-0.2, 0) is 61.7 Å². The van der Waals surface area contributed by atoms with Crippen molar-refractivity contribution in [3.05, 3.63) is 128 Å². The molecule has 75 heavy (non-hydrogen) atoms. The van der Waals surface area contributed by atoms with E-state index in [1.54, 1.807) is 4.90 Å². The Morgan fingerprint density at radius 3 is 1.28 bits per heavy atom. The van der Waals surface area contributed by atoms with Crippen molar-refractivity contribution in [3.63, 3.8) is 0 Å². The van der Waals surface area contributed by atoms with Crippen molar-refractivity contribution in [2.45, 2.75) is 33.9 Å². The van der Waals surface area contributed by atoms with Gasteiger partial charge in [0.05, 0.1) is 71.4 Å². The summed E-state index contributed by atoms with van der Waals surface area (Å²) in [5.41, 5.74) is 0.243. The molecule has 6 rings (SSSR count). The molecule has 0 radical (unpaired) electrons. The predicted octanol–water partition coefficient (Wildman–Crippen LogP) is 6.07. The second-order valence-electron chi connectivity index (χ2n) is 16.5. The lowest BCUT2D eigenvalue weighted by Crippen LogP contribution is -2.49. The SMILES string of the molecule is CC(=O)OC(C)=O.COC(=O)c1ccc(CN(c2ccc(F)c(Cl)c2)S(=O)(=O)CCN2CCN(C(C)=O)CC2)c(F)c1.COC(=O)c1ccc(CN(c2ccc(F)c(Cl)c2)S(=O)(=O)CCN2CCNCC2)c(F)c1.Cl. The van der Waals surface area contributed by atoms with Crippen molar-refractivity contribution < 1.29 is 72.6 Å². The van der Waals surface area contributed by atoms with Gasteiger partial charge in [-0.05, 0) is 60.7 Å². The van der Waals surface area contributed by atoms with Gasteiger partial charge in [0, 0.05) is 97.3 Å². The number of rotatable bonds is 16. The molecule has 27 heteroatoms. The number of anilines is 2. The number of hydrogen-bond donors (Lipinski definition) is 1. The largest absolute Gasteiger partial charge is 0.465 e. The maximum absolute atomic E-state index is 14.8. The lowest BCUT2D eigenvalue weighted by atomic mass is 10.1. The third-order valence-electron chi connectivity index (χ3n) is 11.3. The van der Waals surface area contributed by atoms with E-state index in [2.05, 4.69) is 19.5 Å². The first-order chi connectivity index (χ1) is 34.8. The van der Waals surface area contributed by atoms with Gasteiger partial charge in [-0.2, -0.15) is 0 Å². The van der Waals surface area contributed by atoms with Crippen molar-refractivity contribution in [2.24, 2.45) is 0 Å². The second kappa shape index (κ2) is 29.6. The Balaban J connectivity index is 0.000000347. The molecule has 0 saturated carbocycles. The first-order valence-corrected chi connectivity index (χ1v) is 26.6. The van der Waals surface area contributed by atoms with E-state index in [1.165, 1.54) is 83.5 Å². The smallest absolute Gasteiger partial charge is 0.337 e. The van der Waals surface area contributed by atoms with Gasteiger partial charge in [0.15, 0.2) is 0 Å². The highest BCUT2D eigenvalue weighted by molar-refractivity contribution is 7.93. The van der Waals surface area contributed by atoms with Crippen LogP contribution in [0, 0.1) is 23.3 Å². The third kappa shape index (κ3) is 19.5. The summed E-state index contributed by atoms with van der Waals surface area (Å²) < 4.78 is 125. The monoisotopic (exact) mass is 1150 g/mol. The maximum Gasteiger partial charge on any atom is 0.337 e. The number of ether oxygens (including phenoxy) is 3. The minimum Gasteiger partial charge on any atom is -0.465 e. The standard InChI is InChI=1S/C23H26ClF2N3O5S.C21H24ClF2N3O4S.C4H6O3.ClH/c1-16(30)28-9-7-27(8-10-28)11-12-35(32,33)29(19-5-6-21(25)20(24)14-19)15-18-4-3-17(13-22(18)26)23(31)34-2;1-31-21(28)15-2-3-16(20(24)12-15)14-27(17-4-5-19(23)18(22)13-17)32(29,30)11-10-26-8-6-25-7-9-26;1-3(5)7-4(2)6;/h3-6,13-14H,7-12,15H2,1-2H3;2-5,12-13,25H,6-11,14H2,1H3;1-2H3;1H. The summed E-state index contributed by atoms with van der Waals surface area (Å²) >= 11 is 11.8. The van der Waals surface area contributed by atoms with Gasteiger partial charge in [0.25, 0.3) is 0 Å². The molecule has 4 aromatic rings. The number of esters is 4. The molecule has 412 valence electrons. The van der Waals surface area contributed by atoms with Gasteiger partial charge in [0.2, 0.25) is 26.0 Å². The molecule has 0 bridgehead atoms. The molecule has 2 fully saturated rings. The lowest BCUT2D eigenvalue weighted by molar-refractivity contribution is -0.156. The molecule has 0 unspecified atom stereocenters. The van der Waals surface area contributed by atoms with Gasteiger partial charge in [-0.15, -0.1) is 12.4 Å². The normalized spacial score (nSPS) is 13.9. The van der Waals surface area contributed by atoms with Crippen molar-refractivity contribution in [1.29, 1.82) is 0 Å². The number of carbonyl (C=O) groups is 5. The Kier molecular flexibility index (Phi) is 25.2. The third-order valence-corrected chi connectivity index (χ3v) is 15.3. The Morgan fingerprint density at radius 1 is 0.573 bits per heavy atom. The van der Waals surface area contributed by atoms with Gasteiger partial charge in [0.1, 0.15) is 23.3 Å². The first kappa shape index (κ1) is 63.7. The zero-order chi connectivity index (χ0) is 54.9. The van der Waals surface area contributed by atoms with E-state index >= 15 is 0 Å². The maximum atomic E-state index is 14.8. The highest BCUT2D eigenvalue weighted by atomic mass is 35.5. The van der Waals surface area contributed by atoms with Gasteiger partial charge in [-0.3, -0.25) is 32.8 Å². The Labute approximate surface area is 449 Å². The number of benzene rings is 4. The fourth-order valence-corrected chi connectivity index (χ4v) is 10.6. The fourth-order valence-electron chi connectivity index (χ4n) is 7.26. The summed E-state index contributed by atoms with van der Waals surface area (Å²) in [6, 6.07) is 14.3. The Bertz CT molecular complexity index is 2870.